The van der Waals surface area contributed by atoms with Gasteiger partial charge in [-0.05, 0) is 12.1 Å². The number of rotatable bonds is 5. The molecule has 0 aliphatic carbocycles. The molecule has 1 aromatic heterocycles. The molecule has 1 aliphatic rings. The fraction of sp³-hybridized carbons (Fsp3) is 0.375. The predicted octanol–water partition coefficient (Wildman–Crippen LogP) is 2.97. The van der Waals surface area contributed by atoms with Gasteiger partial charge in [0.15, 0.2) is 5.69 Å². The van der Waals surface area contributed by atoms with Crippen molar-refractivity contribution in [3.8, 4) is 0 Å². The van der Waals surface area contributed by atoms with Crippen molar-refractivity contribution in [2.24, 2.45) is 0 Å². The maximum atomic E-state index is 13.1. The number of amides is 1. The van der Waals surface area contributed by atoms with E-state index in [1.807, 2.05) is 0 Å². The van der Waals surface area contributed by atoms with Crippen LogP contribution in [0.25, 0.3) is 0 Å². The van der Waals surface area contributed by atoms with Gasteiger partial charge in [-0.25, -0.2) is 0 Å². The molecule has 0 unspecified atom stereocenters. The number of nitro groups is 1. The number of nitrogens with one attached hydrogen (secondary N) is 1. The second-order valence-electron chi connectivity index (χ2n) is 5.97. The average molecular weight is 419 g/mol. The van der Waals surface area contributed by atoms with Crippen LogP contribution < -0.4 is 5.32 Å². The molecule has 0 radical (unpaired) electrons. The number of carbonyl (C=O) groups is 1. The second-order valence-corrected chi connectivity index (χ2v) is 6.41. The van der Waals surface area contributed by atoms with Gasteiger partial charge in [0.05, 0.1) is 24.7 Å². The van der Waals surface area contributed by atoms with Crippen LogP contribution in [0.15, 0.2) is 18.2 Å². The van der Waals surface area contributed by atoms with E-state index in [2.05, 4.69) is 10.4 Å². The molecule has 12 heteroatoms. The molecule has 1 aromatic carbocycles. The third-order valence-electron chi connectivity index (χ3n) is 4.17. The molecule has 0 saturated heterocycles. The van der Waals surface area contributed by atoms with E-state index in [0.717, 1.165) is 12.1 Å². The number of benzene rings is 1. The maximum Gasteiger partial charge on any atom is 0.435 e. The molecule has 28 heavy (non-hydrogen) atoms. The Labute approximate surface area is 161 Å². The monoisotopic (exact) mass is 418 g/mol. The third kappa shape index (κ3) is 4.09. The molecular weight excluding hydrogens is 405 g/mol. The normalized spacial score (nSPS) is 13.9. The lowest BCUT2D eigenvalue weighted by Gasteiger charge is -2.15. The van der Waals surface area contributed by atoms with Gasteiger partial charge in [-0.2, -0.15) is 18.3 Å². The van der Waals surface area contributed by atoms with Gasteiger partial charge in [0, 0.05) is 35.3 Å². The number of ether oxygens (including phenoxy) is 1. The zero-order chi connectivity index (χ0) is 20.5. The van der Waals surface area contributed by atoms with Crippen LogP contribution in [0.5, 0.6) is 0 Å². The highest BCUT2D eigenvalue weighted by molar-refractivity contribution is 6.31. The largest absolute Gasteiger partial charge is 0.435 e. The van der Waals surface area contributed by atoms with Gasteiger partial charge in [-0.15, -0.1) is 0 Å². The van der Waals surface area contributed by atoms with E-state index in [0.29, 0.717) is 5.69 Å². The summed E-state index contributed by atoms with van der Waals surface area (Å²) in [5, 5.41) is 17.3. The number of aromatic nitrogens is 2. The Morgan fingerprint density at radius 2 is 2.18 bits per heavy atom. The summed E-state index contributed by atoms with van der Waals surface area (Å²) in [6.07, 6.45) is -4.34. The lowest BCUT2D eigenvalue weighted by molar-refractivity contribution is -0.385. The van der Waals surface area contributed by atoms with E-state index in [9.17, 15) is 28.1 Å². The van der Waals surface area contributed by atoms with E-state index in [1.165, 1.54) is 10.7 Å². The van der Waals surface area contributed by atoms with Crippen LogP contribution in [0.3, 0.4) is 0 Å². The Morgan fingerprint density at radius 3 is 2.86 bits per heavy atom. The summed E-state index contributed by atoms with van der Waals surface area (Å²) < 4.78 is 45.7. The first kappa shape index (κ1) is 20.1. The topological polar surface area (TPSA) is 99.3 Å². The van der Waals surface area contributed by atoms with Crippen LogP contribution in [0, 0.1) is 10.1 Å². The molecule has 3 rings (SSSR count). The van der Waals surface area contributed by atoms with Gasteiger partial charge in [-0.3, -0.25) is 19.6 Å². The Morgan fingerprint density at radius 1 is 1.43 bits per heavy atom. The van der Waals surface area contributed by atoms with Crippen LogP contribution in [-0.4, -0.2) is 33.8 Å². The Hall–Kier alpha value is -2.66. The van der Waals surface area contributed by atoms with E-state index in [1.54, 1.807) is 0 Å². The molecule has 0 bridgehead atoms. The number of halogens is 4. The molecule has 8 nitrogen and oxygen atoms in total. The third-order valence-corrected chi connectivity index (χ3v) is 4.41. The smallest absolute Gasteiger partial charge is 0.376 e. The van der Waals surface area contributed by atoms with Gasteiger partial charge >= 0.3 is 6.18 Å². The quantitative estimate of drug-likeness (QED) is 0.594. The fourth-order valence-electron chi connectivity index (χ4n) is 2.94. The lowest BCUT2D eigenvalue weighted by atomic mass is 10.1. The number of nitro benzene ring substituents is 1. The number of nitrogens with zero attached hydrogens (tertiary/aromatic N) is 3. The van der Waals surface area contributed by atoms with Crippen molar-refractivity contribution in [2.45, 2.75) is 25.7 Å². The van der Waals surface area contributed by atoms with Gasteiger partial charge < -0.3 is 10.1 Å². The molecular formula is C16H14ClF3N4O4. The summed E-state index contributed by atoms with van der Waals surface area (Å²) in [4.78, 5) is 22.6. The molecule has 1 amide bonds. The minimum Gasteiger partial charge on any atom is -0.376 e. The maximum absolute atomic E-state index is 13.1. The number of fused-ring (bicyclic) bond motifs is 1. The molecule has 1 aliphatic heterocycles. The van der Waals surface area contributed by atoms with Crippen molar-refractivity contribution in [3.05, 3.63) is 55.9 Å². The van der Waals surface area contributed by atoms with Crippen molar-refractivity contribution in [3.63, 3.8) is 0 Å². The minimum atomic E-state index is -4.61. The van der Waals surface area contributed by atoms with Crippen molar-refractivity contribution in [1.82, 2.24) is 15.1 Å². The first-order valence-electron chi connectivity index (χ1n) is 8.14. The first-order chi connectivity index (χ1) is 13.2. The van der Waals surface area contributed by atoms with Crippen LogP contribution >= 0.6 is 11.6 Å². The summed E-state index contributed by atoms with van der Waals surface area (Å²) in [6, 6.07) is 3.55. The highest BCUT2D eigenvalue weighted by Gasteiger charge is 2.39. The number of alkyl halides is 3. The molecule has 0 spiro atoms. The van der Waals surface area contributed by atoms with Gasteiger partial charge in [0.1, 0.15) is 5.56 Å². The van der Waals surface area contributed by atoms with Crippen LogP contribution in [-0.2, 0) is 30.5 Å². The van der Waals surface area contributed by atoms with E-state index >= 15 is 0 Å². The Kier molecular flexibility index (Phi) is 5.57. The molecule has 0 atom stereocenters. The minimum absolute atomic E-state index is 0.00412. The van der Waals surface area contributed by atoms with Crippen LogP contribution in [0.1, 0.15) is 27.3 Å². The number of hydrogen-bond donors (Lipinski definition) is 1. The highest BCUT2D eigenvalue weighted by Crippen LogP contribution is 2.34. The number of hydrogen-bond acceptors (Lipinski definition) is 5. The Bertz CT molecular complexity index is 929. The van der Waals surface area contributed by atoms with Crippen molar-refractivity contribution in [2.75, 3.05) is 13.2 Å². The summed E-state index contributed by atoms with van der Waals surface area (Å²) in [7, 11) is 0. The van der Waals surface area contributed by atoms with Gasteiger partial charge in [0.2, 0.25) is 0 Å². The molecule has 2 heterocycles. The zero-order valence-electron chi connectivity index (χ0n) is 14.3. The standard InChI is InChI=1S/C16H14ClF3N4O4/c17-9-1-2-13(24(26)27)10(7-9)15(25)21-4-5-23-12-3-6-28-8-11(12)14(22-23)16(18,19)20/h1-2,7H,3-6,8H2,(H,21,25). The van der Waals surface area contributed by atoms with Crippen molar-refractivity contribution in [1.29, 1.82) is 0 Å². The van der Waals surface area contributed by atoms with Crippen LogP contribution in [0.4, 0.5) is 18.9 Å². The van der Waals surface area contributed by atoms with Crippen molar-refractivity contribution < 1.29 is 27.6 Å². The molecule has 0 saturated carbocycles. The summed E-state index contributed by atoms with van der Waals surface area (Å²) >= 11 is 5.79. The van der Waals surface area contributed by atoms with Gasteiger partial charge in [0.25, 0.3) is 11.6 Å². The average Bonchev–Trinajstić information content (AvgIpc) is 3.00. The zero-order valence-corrected chi connectivity index (χ0v) is 15.0. The summed E-state index contributed by atoms with van der Waals surface area (Å²) in [5.74, 6) is -0.755. The predicted molar refractivity (Wildman–Crippen MR) is 91.0 cm³/mol. The first-order valence-corrected chi connectivity index (χ1v) is 8.52. The lowest BCUT2D eigenvalue weighted by Crippen LogP contribution is -2.29. The molecule has 1 N–H and O–H groups in total. The van der Waals surface area contributed by atoms with Gasteiger partial charge in [-0.1, -0.05) is 11.6 Å². The van der Waals surface area contributed by atoms with E-state index in [4.69, 9.17) is 16.3 Å². The van der Waals surface area contributed by atoms with E-state index < -0.39 is 28.4 Å². The fourth-order valence-corrected chi connectivity index (χ4v) is 3.11. The summed E-state index contributed by atoms with van der Waals surface area (Å²) in [5.41, 5.74) is -1.25. The van der Waals surface area contributed by atoms with Crippen LogP contribution in [0.2, 0.25) is 5.02 Å². The molecule has 150 valence electrons. The van der Waals surface area contributed by atoms with Crippen molar-refractivity contribution >= 4 is 23.2 Å². The van der Waals surface area contributed by atoms with E-state index in [-0.39, 0.29) is 48.9 Å². The molecule has 0 fully saturated rings. The Balaban J connectivity index is 1.74. The molecule has 2 aromatic rings. The number of carbonyl (C=O) groups excluding carboxylic acids is 1. The second kappa shape index (κ2) is 7.76. The SMILES string of the molecule is O=C(NCCn1nc(C(F)(F)F)c2c1CCOC2)c1cc(Cl)ccc1[N+](=O)[O-]. The highest BCUT2D eigenvalue weighted by atomic mass is 35.5. The summed E-state index contributed by atoms with van der Waals surface area (Å²) in [6.45, 7) is -0.00437.